The maximum absolute atomic E-state index is 6.45. The Kier molecular flexibility index (Phi) is 4.17. The predicted octanol–water partition coefficient (Wildman–Crippen LogP) is 4.10. The summed E-state index contributed by atoms with van der Waals surface area (Å²) in [5.41, 5.74) is 1.06. The lowest BCUT2D eigenvalue weighted by Crippen LogP contribution is -2.51. The molecule has 1 fully saturated rings. The smallest absolute Gasteiger partial charge is 0.125 e. The van der Waals surface area contributed by atoms with Gasteiger partial charge in [0.1, 0.15) is 11.4 Å². The Morgan fingerprint density at radius 2 is 1.95 bits per heavy atom. The van der Waals surface area contributed by atoms with Crippen molar-refractivity contribution in [3.8, 4) is 5.75 Å². The van der Waals surface area contributed by atoms with Crippen LogP contribution in [0, 0.1) is 0 Å². The Hall–Kier alpha value is -0.770. The van der Waals surface area contributed by atoms with Crippen molar-refractivity contribution in [2.24, 2.45) is 0 Å². The number of nitrogens with one attached hydrogen (secondary N) is 1. The van der Waals surface area contributed by atoms with E-state index >= 15 is 0 Å². The second-order valence-electron chi connectivity index (χ2n) is 6.45. The van der Waals surface area contributed by atoms with Gasteiger partial charge in [-0.05, 0) is 38.6 Å². The fourth-order valence-electron chi connectivity index (χ4n) is 3.94. The molecule has 0 saturated carbocycles. The number of hydrogen-bond acceptors (Lipinski definition) is 3. The molecule has 1 aromatic rings. The van der Waals surface area contributed by atoms with Gasteiger partial charge in [0.2, 0.25) is 0 Å². The van der Waals surface area contributed by atoms with Crippen molar-refractivity contribution in [3.05, 3.63) is 28.8 Å². The van der Waals surface area contributed by atoms with E-state index in [1.165, 1.54) is 5.56 Å². The molecule has 1 aromatic carbocycles. The summed E-state index contributed by atoms with van der Waals surface area (Å²) < 4.78 is 12.3. The molecule has 3 unspecified atom stereocenters. The minimum absolute atomic E-state index is 0.120. The van der Waals surface area contributed by atoms with E-state index in [2.05, 4.69) is 26.1 Å². The van der Waals surface area contributed by atoms with Crippen LogP contribution < -0.4 is 10.1 Å². The third-order valence-electron chi connectivity index (χ3n) is 4.48. The van der Waals surface area contributed by atoms with Crippen LogP contribution in [0.25, 0.3) is 0 Å². The molecule has 0 aromatic heterocycles. The summed E-state index contributed by atoms with van der Waals surface area (Å²) >= 11 is 6.16. The Morgan fingerprint density at radius 1 is 1.24 bits per heavy atom. The summed E-state index contributed by atoms with van der Waals surface area (Å²) in [4.78, 5) is 0. The third kappa shape index (κ3) is 3.05. The molecule has 0 amide bonds. The van der Waals surface area contributed by atoms with Crippen LogP contribution in [0.5, 0.6) is 5.75 Å². The first kappa shape index (κ1) is 15.1. The number of ether oxygens (including phenoxy) is 2. The maximum Gasteiger partial charge on any atom is 0.125 e. The Labute approximate surface area is 132 Å². The highest BCUT2D eigenvalue weighted by Crippen LogP contribution is 2.46. The molecule has 1 N–H and O–H groups in total. The molecule has 2 heterocycles. The van der Waals surface area contributed by atoms with Crippen molar-refractivity contribution >= 4 is 11.6 Å². The molecule has 0 aliphatic carbocycles. The van der Waals surface area contributed by atoms with E-state index in [-0.39, 0.29) is 17.8 Å². The molecule has 3 atom stereocenters. The number of halogens is 1. The van der Waals surface area contributed by atoms with Gasteiger partial charge in [-0.25, -0.2) is 0 Å². The second kappa shape index (κ2) is 5.79. The molecular weight excluding hydrogens is 286 g/mol. The summed E-state index contributed by atoms with van der Waals surface area (Å²) in [6, 6.07) is 6.25. The van der Waals surface area contributed by atoms with E-state index in [4.69, 9.17) is 21.1 Å². The highest BCUT2D eigenvalue weighted by molar-refractivity contribution is 6.30. The fourth-order valence-corrected chi connectivity index (χ4v) is 4.12. The summed E-state index contributed by atoms with van der Waals surface area (Å²) in [5.74, 6) is 0.970. The first-order chi connectivity index (χ1) is 10.0. The average Bonchev–Trinajstić information content (AvgIpc) is 2.38. The van der Waals surface area contributed by atoms with Gasteiger partial charge < -0.3 is 14.8 Å². The molecule has 4 heteroatoms. The zero-order valence-electron chi connectivity index (χ0n) is 13.0. The third-order valence-corrected chi connectivity index (χ3v) is 4.72. The minimum Gasteiger partial charge on any atom is -0.487 e. The number of benzene rings is 1. The van der Waals surface area contributed by atoms with Crippen LogP contribution in [0.15, 0.2) is 18.2 Å². The van der Waals surface area contributed by atoms with Gasteiger partial charge in [-0.2, -0.15) is 0 Å². The van der Waals surface area contributed by atoms with Crippen LogP contribution in [0.4, 0.5) is 0 Å². The summed E-state index contributed by atoms with van der Waals surface area (Å²) in [6.07, 6.45) is 3.35. The van der Waals surface area contributed by atoms with Crippen LogP contribution in [0.1, 0.15) is 51.6 Å². The van der Waals surface area contributed by atoms with E-state index in [9.17, 15) is 0 Å². The molecule has 1 spiro atoms. The van der Waals surface area contributed by atoms with Gasteiger partial charge in [-0.15, -0.1) is 0 Å². The van der Waals surface area contributed by atoms with Crippen LogP contribution >= 0.6 is 11.6 Å². The van der Waals surface area contributed by atoms with Gasteiger partial charge in [0, 0.05) is 35.9 Å². The van der Waals surface area contributed by atoms with Gasteiger partial charge in [0.15, 0.2) is 0 Å². The Balaban J connectivity index is 1.95. The lowest BCUT2D eigenvalue weighted by molar-refractivity contribution is -0.130. The molecular formula is C17H24ClNO2. The van der Waals surface area contributed by atoms with Crippen molar-refractivity contribution in [1.29, 1.82) is 0 Å². The van der Waals surface area contributed by atoms with E-state index in [1.807, 2.05) is 18.2 Å². The molecule has 0 bridgehead atoms. The quantitative estimate of drug-likeness (QED) is 0.892. The van der Waals surface area contributed by atoms with Crippen molar-refractivity contribution in [3.63, 3.8) is 0 Å². The predicted molar refractivity (Wildman–Crippen MR) is 85.1 cm³/mol. The topological polar surface area (TPSA) is 30.5 Å². The highest BCUT2D eigenvalue weighted by atomic mass is 35.5. The van der Waals surface area contributed by atoms with Crippen LogP contribution in [-0.2, 0) is 4.74 Å². The molecule has 2 aliphatic heterocycles. The normalized spacial score (nSPS) is 35.3. The maximum atomic E-state index is 6.45. The summed E-state index contributed by atoms with van der Waals surface area (Å²) in [6.45, 7) is 7.36. The molecule has 2 aliphatic rings. The van der Waals surface area contributed by atoms with Crippen molar-refractivity contribution in [2.75, 3.05) is 6.54 Å². The van der Waals surface area contributed by atoms with E-state index in [0.717, 1.165) is 36.6 Å². The monoisotopic (exact) mass is 309 g/mol. The number of rotatable bonds is 2. The Morgan fingerprint density at radius 3 is 2.62 bits per heavy atom. The van der Waals surface area contributed by atoms with Crippen molar-refractivity contribution in [2.45, 2.75) is 63.9 Å². The number of fused-ring (bicyclic) bond motifs is 1. The molecule has 116 valence electrons. The van der Waals surface area contributed by atoms with E-state index < -0.39 is 0 Å². The van der Waals surface area contributed by atoms with Gasteiger partial charge in [-0.3, -0.25) is 0 Å². The standard InChI is InChI=1S/C17H24ClNO2/c1-4-19-15-10-17(8-11(2)20-12(3)9-17)21-16-6-5-13(18)7-14(15)16/h5-7,11-12,15,19H,4,8-10H2,1-3H3. The first-order valence-electron chi connectivity index (χ1n) is 7.88. The van der Waals surface area contributed by atoms with Crippen LogP contribution in [0.2, 0.25) is 5.02 Å². The highest BCUT2D eigenvalue weighted by Gasteiger charge is 2.45. The molecule has 21 heavy (non-hydrogen) atoms. The SMILES string of the molecule is CCNC1CC2(CC(C)OC(C)C2)Oc2ccc(Cl)cc21. The molecule has 3 nitrogen and oxygen atoms in total. The number of hydrogen-bond donors (Lipinski definition) is 1. The van der Waals surface area contributed by atoms with Crippen molar-refractivity contribution in [1.82, 2.24) is 5.32 Å². The van der Waals surface area contributed by atoms with Crippen LogP contribution in [-0.4, -0.2) is 24.4 Å². The zero-order valence-corrected chi connectivity index (χ0v) is 13.7. The van der Waals surface area contributed by atoms with E-state index in [1.54, 1.807) is 0 Å². The molecule has 0 radical (unpaired) electrons. The second-order valence-corrected chi connectivity index (χ2v) is 6.88. The molecule has 3 rings (SSSR count). The van der Waals surface area contributed by atoms with Gasteiger partial charge in [0.25, 0.3) is 0 Å². The molecule has 1 saturated heterocycles. The van der Waals surface area contributed by atoms with Gasteiger partial charge >= 0.3 is 0 Å². The van der Waals surface area contributed by atoms with Gasteiger partial charge in [-0.1, -0.05) is 18.5 Å². The minimum atomic E-state index is -0.120. The average molecular weight is 310 g/mol. The van der Waals surface area contributed by atoms with E-state index in [0.29, 0.717) is 6.04 Å². The van der Waals surface area contributed by atoms with Crippen LogP contribution in [0.3, 0.4) is 0 Å². The summed E-state index contributed by atoms with van der Waals surface area (Å²) in [7, 11) is 0. The zero-order chi connectivity index (χ0) is 15.0. The lowest BCUT2D eigenvalue weighted by Gasteiger charge is -2.48. The summed E-state index contributed by atoms with van der Waals surface area (Å²) in [5, 5.41) is 4.36. The lowest BCUT2D eigenvalue weighted by atomic mass is 9.78. The fraction of sp³-hybridized carbons (Fsp3) is 0.647. The Bertz CT molecular complexity index is 510. The largest absolute Gasteiger partial charge is 0.487 e. The first-order valence-corrected chi connectivity index (χ1v) is 8.26. The van der Waals surface area contributed by atoms with Gasteiger partial charge in [0.05, 0.1) is 12.2 Å². The van der Waals surface area contributed by atoms with Crippen molar-refractivity contribution < 1.29 is 9.47 Å².